The van der Waals surface area contributed by atoms with E-state index in [0.29, 0.717) is 19.0 Å². The zero-order chi connectivity index (χ0) is 21.0. The van der Waals surface area contributed by atoms with Crippen molar-refractivity contribution in [1.29, 1.82) is 0 Å². The van der Waals surface area contributed by atoms with Crippen LogP contribution in [0.1, 0.15) is 43.7 Å². The third-order valence-electron chi connectivity index (χ3n) is 5.71. The number of allylic oxidation sites excluding steroid dienone is 3. The summed E-state index contributed by atoms with van der Waals surface area (Å²) in [7, 11) is 1.85. The molecule has 2 heterocycles. The minimum absolute atomic E-state index is 0.0209. The van der Waals surface area contributed by atoms with Crippen LogP contribution in [0.2, 0.25) is 0 Å². The van der Waals surface area contributed by atoms with E-state index in [2.05, 4.69) is 56.2 Å². The van der Waals surface area contributed by atoms with Crippen LogP contribution in [0, 0.1) is 0 Å². The molecule has 4 nitrogen and oxygen atoms in total. The van der Waals surface area contributed by atoms with Gasteiger partial charge in [-0.3, -0.25) is 15.3 Å². The summed E-state index contributed by atoms with van der Waals surface area (Å²) < 4.78 is 5.76. The first kappa shape index (κ1) is 21.0. The Labute approximate surface area is 174 Å². The van der Waals surface area contributed by atoms with Crippen molar-refractivity contribution in [2.24, 2.45) is 9.98 Å². The molecule has 2 unspecified atom stereocenters. The number of fused-ring (bicyclic) bond motifs is 3. The second kappa shape index (κ2) is 9.19. The Morgan fingerprint density at radius 1 is 1.31 bits per heavy atom. The third-order valence-corrected chi connectivity index (χ3v) is 5.71. The van der Waals surface area contributed by atoms with E-state index < -0.39 is 0 Å². The van der Waals surface area contributed by atoms with E-state index in [1.807, 2.05) is 20.0 Å². The van der Waals surface area contributed by atoms with Crippen molar-refractivity contribution in [2.75, 3.05) is 20.3 Å². The van der Waals surface area contributed by atoms with E-state index in [-0.39, 0.29) is 12.0 Å². The maximum absolute atomic E-state index is 5.76. The molecule has 0 bridgehead atoms. The molecule has 2 aliphatic rings. The predicted molar refractivity (Wildman–Crippen MR) is 123 cm³/mol. The van der Waals surface area contributed by atoms with Gasteiger partial charge in [0.1, 0.15) is 12.5 Å². The second-order valence-electron chi connectivity index (χ2n) is 7.68. The van der Waals surface area contributed by atoms with Crippen LogP contribution in [0.4, 0.5) is 0 Å². The van der Waals surface area contributed by atoms with Crippen molar-refractivity contribution in [3.05, 3.63) is 83.7 Å². The number of nitrogens with one attached hydrogen (secondary N) is 1. The van der Waals surface area contributed by atoms with Gasteiger partial charge in [0.05, 0.1) is 18.3 Å². The summed E-state index contributed by atoms with van der Waals surface area (Å²) >= 11 is 0. The van der Waals surface area contributed by atoms with E-state index in [9.17, 15) is 0 Å². The number of ether oxygens (including phenoxy) is 1. The Bertz CT molecular complexity index is 920. The second-order valence-corrected chi connectivity index (χ2v) is 7.68. The number of rotatable bonds is 5. The van der Waals surface area contributed by atoms with Crippen LogP contribution in [-0.2, 0) is 4.74 Å². The Morgan fingerprint density at radius 2 is 2.07 bits per heavy atom. The predicted octanol–water partition coefficient (Wildman–Crippen LogP) is 4.96. The number of hydrogen-bond donors (Lipinski definition) is 1. The molecule has 0 amide bonds. The van der Waals surface area contributed by atoms with Gasteiger partial charge >= 0.3 is 0 Å². The first-order valence-electron chi connectivity index (χ1n) is 10.1. The van der Waals surface area contributed by atoms with E-state index >= 15 is 0 Å². The normalized spacial score (nSPS) is 26.4. The molecule has 152 valence electrons. The van der Waals surface area contributed by atoms with Gasteiger partial charge in [-0.2, -0.15) is 0 Å². The van der Waals surface area contributed by atoms with Crippen molar-refractivity contribution in [3.63, 3.8) is 0 Å². The molecule has 2 aliphatic heterocycles. The molecular weight excluding hydrogens is 358 g/mol. The lowest BCUT2D eigenvalue weighted by molar-refractivity contribution is 0.206. The molecule has 0 radical (unpaired) electrons. The van der Waals surface area contributed by atoms with Crippen LogP contribution in [0.3, 0.4) is 0 Å². The lowest BCUT2D eigenvalue weighted by Gasteiger charge is -2.33. The average molecular weight is 390 g/mol. The molecule has 1 N–H and O–H groups in total. The monoisotopic (exact) mass is 389 g/mol. The molecule has 0 fully saturated rings. The van der Waals surface area contributed by atoms with Gasteiger partial charge in [-0.15, -0.1) is 0 Å². The van der Waals surface area contributed by atoms with Crippen LogP contribution in [0.5, 0.6) is 0 Å². The summed E-state index contributed by atoms with van der Waals surface area (Å²) in [6.07, 6.45) is 3.75. The van der Waals surface area contributed by atoms with Crippen molar-refractivity contribution in [3.8, 4) is 0 Å². The zero-order valence-corrected chi connectivity index (χ0v) is 17.8. The largest absolute Gasteiger partial charge is 0.478 e. The summed E-state index contributed by atoms with van der Waals surface area (Å²) in [5.41, 5.74) is 7.68. The highest BCUT2D eigenvalue weighted by atomic mass is 16.5. The van der Waals surface area contributed by atoms with Crippen molar-refractivity contribution in [1.82, 2.24) is 5.32 Å². The molecule has 3 rings (SSSR count). The molecule has 1 aromatic carbocycles. The smallest absolute Gasteiger partial charge is 0.139 e. The summed E-state index contributed by atoms with van der Waals surface area (Å²) in [6.45, 7) is 17.6. The number of nitrogens with zero attached hydrogens (tertiary/aromatic N) is 2. The molecule has 0 aromatic heterocycles. The molecule has 29 heavy (non-hydrogen) atoms. The summed E-state index contributed by atoms with van der Waals surface area (Å²) in [5, 5.41) is 3.00. The van der Waals surface area contributed by atoms with Crippen molar-refractivity contribution in [2.45, 2.75) is 38.6 Å². The first-order chi connectivity index (χ1) is 14.0. The topological polar surface area (TPSA) is 46.0 Å². The highest BCUT2D eigenvalue weighted by Gasteiger charge is 2.32. The lowest BCUT2D eigenvalue weighted by atomic mass is 9.77. The Kier molecular flexibility index (Phi) is 6.65. The van der Waals surface area contributed by atoms with Crippen LogP contribution in [0.15, 0.2) is 82.5 Å². The lowest BCUT2D eigenvalue weighted by Crippen LogP contribution is -2.29. The number of hydrogen-bond acceptors (Lipinski definition) is 4. The molecule has 4 heteroatoms. The molecule has 2 atom stereocenters. The molecule has 0 spiro atoms. The van der Waals surface area contributed by atoms with Crippen LogP contribution < -0.4 is 5.32 Å². The summed E-state index contributed by atoms with van der Waals surface area (Å²) in [4.78, 5) is 9.85. The van der Waals surface area contributed by atoms with Crippen LogP contribution in [0.25, 0.3) is 0 Å². The van der Waals surface area contributed by atoms with E-state index in [1.54, 1.807) is 0 Å². The summed E-state index contributed by atoms with van der Waals surface area (Å²) in [5.74, 6) is 0.940. The van der Waals surface area contributed by atoms with Crippen LogP contribution >= 0.6 is 0 Å². The van der Waals surface area contributed by atoms with Gasteiger partial charge in [-0.25, -0.2) is 0 Å². The van der Waals surface area contributed by atoms with Gasteiger partial charge in [0.2, 0.25) is 0 Å². The number of aliphatic imine (C=N–C) groups is 2. The molecular formula is C25H31N3O. The maximum Gasteiger partial charge on any atom is 0.139 e. The third kappa shape index (κ3) is 4.33. The first-order valence-corrected chi connectivity index (χ1v) is 10.1. The van der Waals surface area contributed by atoms with E-state index in [4.69, 9.17) is 14.7 Å². The van der Waals surface area contributed by atoms with E-state index in [0.717, 1.165) is 35.4 Å². The standard InChI is InChI=1S/C25H31N3O/c1-7-23-21-11-9-8-10-20(21)22-13-12-16(2)24(19(5)29-15-26-6)18(4)27-14-17(3)25(22)28-23/h7-11,22,25-26H,1,3,5,12-15H2,2,4,6H3/b24-16+,27-18-. The van der Waals surface area contributed by atoms with Crippen LogP contribution in [-0.4, -0.2) is 37.8 Å². The SMILES string of the molecule is C=CC1=NC2C(=C)C/N=C(C)\C(C(=C)OCNC)=C(\C)CCC2c2ccccc21. The molecule has 0 saturated heterocycles. The van der Waals surface area contributed by atoms with Crippen molar-refractivity contribution >= 4 is 11.4 Å². The highest BCUT2D eigenvalue weighted by molar-refractivity contribution is 6.10. The Balaban J connectivity index is 2.02. The van der Waals surface area contributed by atoms with Gasteiger partial charge in [0.25, 0.3) is 0 Å². The highest BCUT2D eigenvalue weighted by Crippen LogP contribution is 2.39. The van der Waals surface area contributed by atoms with Gasteiger partial charge in [-0.05, 0) is 50.9 Å². The maximum atomic E-state index is 5.76. The zero-order valence-electron chi connectivity index (χ0n) is 17.8. The Morgan fingerprint density at radius 3 is 2.79 bits per heavy atom. The van der Waals surface area contributed by atoms with Gasteiger partial charge < -0.3 is 4.74 Å². The fraction of sp³-hybridized carbons (Fsp3) is 0.360. The molecule has 1 aromatic rings. The molecule has 0 saturated carbocycles. The van der Waals surface area contributed by atoms with Crippen molar-refractivity contribution < 1.29 is 4.74 Å². The summed E-state index contributed by atoms with van der Waals surface area (Å²) in [6, 6.07) is 8.54. The quantitative estimate of drug-likeness (QED) is 0.439. The minimum Gasteiger partial charge on any atom is -0.478 e. The van der Waals surface area contributed by atoms with E-state index in [1.165, 1.54) is 16.7 Å². The van der Waals surface area contributed by atoms with Gasteiger partial charge in [0, 0.05) is 22.8 Å². The number of benzene rings is 1. The Hall–Kier alpha value is -2.72. The fourth-order valence-electron chi connectivity index (χ4n) is 4.25. The van der Waals surface area contributed by atoms with Gasteiger partial charge in [-0.1, -0.05) is 49.6 Å². The minimum atomic E-state index is 0.0209. The average Bonchev–Trinajstić information content (AvgIpc) is 2.73. The fourth-order valence-corrected chi connectivity index (χ4v) is 4.25. The molecule has 0 aliphatic carbocycles. The van der Waals surface area contributed by atoms with Gasteiger partial charge in [0.15, 0.2) is 0 Å².